The SMILES string of the molecule is COC(CN)CC(=O)N(C)Cc1ccccc1[N+](=O)[O-]. The van der Waals surface area contributed by atoms with Crippen molar-refractivity contribution in [3.05, 3.63) is 39.9 Å². The molecule has 1 aromatic carbocycles. The summed E-state index contributed by atoms with van der Waals surface area (Å²) < 4.78 is 5.05. The Morgan fingerprint density at radius 3 is 2.70 bits per heavy atom. The average Bonchev–Trinajstić information content (AvgIpc) is 2.44. The Labute approximate surface area is 117 Å². The van der Waals surface area contributed by atoms with Gasteiger partial charge in [-0.1, -0.05) is 18.2 Å². The standard InChI is InChI=1S/C13H19N3O4/c1-15(13(17)7-11(8-14)20-2)9-10-5-3-4-6-12(10)16(18)19/h3-6,11H,7-9,14H2,1-2H3. The quantitative estimate of drug-likeness (QED) is 0.591. The number of para-hydroxylation sites is 1. The zero-order chi connectivity index (χ0) is 15.1. The van der Waals surface area contributed by atoms with Gasteiger partial charge in [0.05, 0.1) is 24.0 Å². The summed E-state index contributed by atoms with van der Waals surface area (Å²) in [6, 6.07) is 6.36. The van der Waals surface area contributed by atoms with Crippen LogP contribution in [0.15, 0.2) is 24.3 Å². The van der Waals surface area contributed by atoms with E-state index < -0.39 is 4.92 Å². The summed E-state index contributed by atoms with van der Waals surface area (Å²) >= 11 is 0. The summed E-state index contributed by atoms with van der Waals surface area (Å²) in [6.45, 7) is 0.429. The Balaban J connectivity index is 2.73. The molecule has 0 saturated carbocycles. The van der Waals surface area contributed by atoms with Gasteiger partial charge in [0.25, 0.3) is 5.69 Å². The molecule has 0 fully saturated rings. The minimum atomic E-state index is -0.453. The normalized spacial score (nSPS) is 11.9. The topological polar surface area (TPSA) is 98.7 Å². The highest BCUT2D eigenvalue weighted by molar-refractivity contribution is 5.76. The van der Waals surface area contributed by atoms with Crippen LogP contribution < -0.4 is 5.73 Å². The average molecular weight is 281 g/mol. The van der Waals surface area contributed by atoms with Crippen molar-refractivity contribution in [3.8, 4) is 0 Å². The van der Waals surface area contributed by atoms with E-state index in [9.17, 15) is 14.9 Å². The molecule has 0 spiro atoms. The van der Waals surface area contributed by atoms with Crippen LogP contribution in [0.4, 0.5) is 5.69 Å². The van der Waals surface area contributed by atoms with Crippen molar-refractivity contribution < 1.29 is 14.5 Å². The number of nitrogens with zero attached hydrogens (tertiary/aromatic N) is 2. The predicted octanol–water partition coefficient (Wildman–Crippen LogP) is 0.917. The molecule has 1 amide bonds. The first-order valence-corrected chi connectivity index (χ1v) is 6.18. The number of carbonyl (C=O) groups excluding carboxylic acids is 1. The van der Waals surface area contributed by atoms with Crippen molar-refractivity contribution in [3.63, 3.8) is 0 Å². The zero-order valence-electron chi connectivity index (χ0n) is 11.6. The molecule has 1 rings (SSSR count). The van der Waals surface area contributed by atoms with Gasteiger partial charge in [-0.15, -0.1) is 0 Å². The van der Waals surface area contributed by atoms with Gasteiger partial charge < -0.3 is 15.4 Å². The van der Waals surface area contributed by atoms with E-state index in [2.05, 4.69) is 0 Å². The van der Waals surface area contributed by atoms with Crippen LogP contribution in [0.2, 0.25) is 0 Å². The van der Waals surface area contributed by atoms with Crippen molar-refractivity contribution in [1.82, 2.24) is 4.90 Å². The molecular formula is C13H19N3O4. The van der Waals surface area contributed by atoms with Gasteiger partial charge in [0, 0.05) is 32.3 Å². The third-order valence-corrected chi connectivity index (χ3v) is 3.02. The van der Waals surface area contributed by atoms with Crippen molar-refractivity contribution >= 4 is 11.6 Å². The van der Waals surface area contributed by atoms with E-state index in [0.717, 1.165) is 0 Å². The number of amides is 1. The Kier molecular flexibility index (Phi) is 6.08. The number of rotatable bonds is 7. The maximum atomic E-state index is 12.0. The van der Waals surface area contributed by atoms with Crippen molar-refractivity contribution in [1.29, 1.82) is 0 Å². The Morgan fingerprint density at radius 1 is 1.50 bits per heavy atom. The van der Waals surface area contributed by atoms with E-state index >= 15 is 0 Å². The fraction of sp³-hybridized carbons (Fsp3) is 0.462. The van der Waals surface area contributed by atoms with Gasteiger partial charge in [-0.2, -0.15) is 0 Å². The fourth-order valence-corrected chi connectivity index (χ4v) is 1.78. The lowest BCUT2D eigenvalue weighted by molar-refractivity contribution is -0.385. The molecule has 110 valence electrons. The second-order valence-corrected chi connectivity index (χ2v) is 4.43. The number of benzene rings is 1. The molecule has 7 nitrogen and oxygen atoms in total. The number of carbonyl (C=O) groups is 1. The molecular weight excluding hydrogens is 262 g/mol. The van der Waals surface area contributed by atoms with Crippen LogP contribution in [0.1, 0.15) is 12.0 Å². The highest BCUT2D eigenvalue weighted by Gasteiger charge is 2.19. The Hall–Kier alpha value is -1.99. The second-order valence-electron chi connectivity index (χ2n) is 4.43. The van der Waals surface area contributed by atoms with E-state index in [1.807, 2.05) is 0 Å². The van der Waals surface area contributed by atoms with Crippen LogP contribution in [-0.2, 0) is 16.1 Å². The number of nitro groups is 1. The molecule has 1 atom stereocenters. The molecule has 0 aliphatic rings. The van der Waals surface area contributed by atoms with Gasteiger partial charge in [0.1, 0.15) is 0 Å². The lowest BCUT2D eigenvalue weighted by Gasteiger charge is -2.20. The van der Waals surface area contributed by atoms with Gasteiger partial charge in [-0.25, -0.2) is 0 Å². The number of hydrogen-bond acceptors (Lipinski definition) is 5. The van der Waals surface area contributed by atoms with Gasteiger partial charge in [0.2, 0.25) is 5.91 Å². The largest absolute Gasteiger partial charge is 0.380 e. The summed E-state index contributed by atoms with van der Waals surface area (Å²) in [5.74, 6) is -0.166. The van der Waals surface area contributed by atoms with Crippen LogP contribution in [0.5, 0.6) is 0 Å². The fourth-order valence-electron chi connectivity index (χ4n) is 1.78. The van der Waals surface area contributed by atoms with Crippen LogP contribution in [0.25, 0.3) is 0 Å². The van der Waals surface area contributed by atoms with Gasteiger partial charge in [0.15, 0.2) is 0 Å². The summed E-state index contributed by atoms with van der Waals surface area (Å²) in [7, 11) is 3.09. The second kappa shape index (κ2) is 7.56. The Morgan fingerprint density at radius 2 is 2.15 bits per heavy atom. The third kappa shape index (κ3) is 4.29. The molecule has 2 N–H and O–H groups in total. The number of nitro benzene ring substituents is 1. The van der Waals surface area contributed by atoms with E-state index in [-0.39, 0.29) is 37.2 Å². The van der Waals surface area contributed by atoms with Crippen LogP contribution >= 0.6 is 0 Å². The maximum Gasteiger partial charge on any atom is 0.274 e. The van der Waals surface area contributed by atoms with Crippen molar-refractivity contribution in [2.45, 2.75) is 19.1 Å². The summed E-state index contributed by atoms with van der Waals surface area (Å²) in [4.78, 5) is 23.9. The minimum absolute atomic E-state index is 0.00858. The molecule has 1 aromatic rings. The first-order valence-electron chi connectivity index (χ1n) is 6.18. The molecule has 20 heavy (non-hydrogen) atoms. The maximum absolute atomic E-state index is 12.0. The first kappa shape index (κ1) is 16.1. The highest BCUT2D eigenvalue weighted by Crippen LogP contribution is 2.19. The summed E-state index contributed by atoms with van der Waals surface area (Å²) in [5.41, 5.74) is 5.97. The molecule has 7 heteroatoms. The zero-order valence-corrected chi connectivity index (χ0v) is 11.6. The number of nitrogens with two attached hydrogens (primary N) is 1. The van der Waals surface area contributed by atoms with Gasteiger partial charge >= 0.3 is 0 Å². The molecule has 0 aliphatic heterocycles. The van der Waals surface area contributed by atoms with Crippen molar-refractivity contribution in [2.24, 2.45) is 5.73 Å². The highest BCUT2D eigenvalue weighted by atomic mass is 16.6. The molecule has 0 bridgehead atoms. The van der Waals surface area contributed by atoms with E-state index in [4.69, 9.17) is 10.5 Å². The third-order valence-electron chi connectivity index (χ3n) is 3.02. The molecule has 0 radical (unpaired) electrons. The summed E-state index contributed by atoms with van der Waals surface area (Å²) in [5, 5.41) is 10.9. The predicted molar refractivity (Wildman–Crippen MR) is 74.0 cm³/mol. The number of hydrogen-bond donors (Lipinski definition) is 1. The first-order chi connectivity index (χ1) is 9.49. The van der Waals surface area contributed by atoms with Crippen LogP contribution in [0, 0.1) is 10.1 Å². The van der Waals surface area contributed by atoms with Crippen LogP contribution in [-0.4, -0.2) is 42.5 Å². The van der Waals surface area contributed by atoms with Crippen molar-refractivity contribution in [2.75, 3.05) is 20.7 Å². The molecule has 0 saturated heterocycles. The molecule has 1 unspecified atom stereocenters. The monoisotopic (exact) mass is 281 g/mol. The minimum Gasteiger partial charge on any atom is -0.380 e. The Bertz CT molecular complexity index is 474. The smallest absolute Gasteiger partial charge is 0.274 e. The van der Waals surface area contributed by atoms with E-state index in [0.29, 0.717) is 5.56 Å². The van der Waals surface area contributed by atoms with Gasteiger partial charge in [-0.05, 0) is 0 Å². The van der Waals surface area contributed by atoms with Crippen LogP contribution in [0.3, 0.4) is 0 Å². The lowest BCUT2D eigenvalue weighted by Crippen LogP contribution is -2.33. The number of methoxy groups -OCH3 is 1. The van der Waals surface area contributed by atoms with E-state index in [1.165, 1.54) is 18.1 Å². The lowest BCUT2D eigenvalue weighted by atomic mass is 10.1. The number of ether oxygens (including phenoxy) is 1. The van der Waals surface area contributed by atoms with E-state index in [1.54, 1.807) is 25.2 Å². The molecule has 0 aromatic heterocycles. The van der Waals surface area contributed by atoms with Gasteiger partial charge in [-0.3, -0.25) is 14.9 Å². The molecule has 0 heterocycles. The molecule has 0 aliphatic carbocycles. The summed E-state index contributed by atoms with van der Waals surface area (Å²) in [6.07, 6.45) is -0.180.